The van der Waals surface area contributed by atoms with E-state index in [0.29, 0.717) is 13.1 Å². The number of nitrogens with two attached hydrogens (primary N) is 1. The van der Waals surface area contributed by atoms with E-state index in [2.05, 4.69) is 31.0 Å². The third-order valence-electron chi connectivity index (χ3n) is 4.34. The first-order chi connectivity index (χ1) is 11.8. The number of carbonyl (C=O) groups is 2. The summed E-state index contributed by atoms with van der Waals surface area (Å²) in [5, 5.41) is 2.94. The number of hydrogen-bond donors (Lipinski definition) is 2. The van der Waals surface area contributed by atoms with E-state index < -0.39 is 0 Å². The highest BCUT2D eigenvalue weighted by Gasteiger charge is 2.25. The summed E-state index contributed by atoms with van der Waals surface area (Å²) >= 11 is 0. The van der Waals surface area contributed by atoms with E-state index in [9.17, 15) is 9.59 Å². The number of piperidine rings is 1. The predicted molar refractivity (Wildman–Crippen MR) is 101 cm³/mol. The Kier molecular flexibility index (Phi) is 6.23. The van der Waals surface area contributed by atoms with E-state index in [1.54, 1.807) is 6.08 Å². The number of hydrogen-bond acceptors (Lipinski definition) is 3. The van der Waals surface area contributed by atoms with Crippen molar-refractivity contribution in [3.05, 3.63) is 42.0 Å². The lowest BCUT2D eigenvalue weighted by molar-refractivity contribution is -0.122. The number of benzene rings is 1. The molecule has 2 amide bonds. The van der Waals surface area contributed by atoms with Crippen LogP contribution in [0.5, 0.6) is 0 Å². The van der Waals surface area contributed by atoms with Gasteiger partial charge in [-0.05, 0) is 36.0 Å². The van der Waals surface area contributed by atoms with Gasteiger partial charge in [0.05, 0.1) is 5.92 Å². The van der Waals surface area contributed by atoms with Gasteiger partial charge >= 0.3 is 0 Å². The van der Waals surface area contributed by atoms with Crippen molar-refractivity contribution in [3.63, 3.8) is 0 Å². The van der Waals surface area contributed by atoms with Gasteiger partial charge < -0.3 is 16.0 Å². The number of amides is 2. The lowest BCUT2D eigenvalue weighted by Gasteiger charge is -2.34. The maximum absolute atomic E-state index is 12.0. The molecule has 1 heterocycles. The number of para-hydroxylation sites is 1. The second-order valence-corrected chi connectivity index (χ2v) is 7.73. The third kappa shape index (κ3) is 5.93. The van der Waals surface area contributed by atoms with Crippen LogP contribution in [0.4, 0.5) is 5.69 Å². The average molecular weight is 343 g/mol. The van der Waals surface area contributed by atoms with Crippen molar-refractivity contribution in [1.82, 2.24) is 5.32 Å². The second-order valence-electron chi connectivity index (χ2n) is 7.73. The molecule has 1 aromatic rings. The molecule has 1 unspecified atom stereocenters. The number of rotatable bonds is 5. The second kappa shape index (κ2) is 8.19. The summed E-state index contributed by atoms with van der Waals surface area (Å²) in [5.41, 5.74) is 7.57. The topological polar surface area (TPSA) is 75.4 Å². The quantitative estimate of drug-likeness (QED) is 0.807. The van der Waals surface area contributed by atoms with Crippen molar-refractivity contribution in [2.45, 2.75) is 40.2 Å². The Labute approximate surface area is 150 Å². The molecule has 1 aliphatic heterocycles. The van der Waals surface area contributed by atoms with Gasteiger partial charge in [-0.2, -0.15) is 0 Å². The molecule has 25 heavy (non-hydrogen) atoms. The average Bonchev–Trinajstić information content (AvgIpc) is 2.58. The largest absolute Gasteiger partial charge is 0.370 e. The monoisotopic (exact) mass is 343 g/mol. The predicted octanol–water partition coefficient (Wildman–Crippen LogP) is 2.61. The molecule has 0 radical (unpaired) electrons. The maximum atomic E-state index is 12.0. The fourth-order valence-electron chi connectivity index (χ4n) is 2.96. The van der Waals surface area contributed by atoms with Crippen molar-refractivity contribution in [1.29, 1.82) is 0 Å². The molecule has 3 N–H and O–H groups in total. The summed E-state index contributed by atoms with van der Waals surface area (Å²) in [5.74, 6) is -0.438. The van der Waals surface area contributed by atoms with E-state index in [4.69, 9.17) is 5.73 Å². The zero-order valence-corrected chi connectivity index (χ0v) is 15.4. The van der Waals surface area contributed by atoms with Crippen molar-refractivity contribution in [3.8, 4) is 0 Å². The van der Waals surface area contributed by atoms with Crippen LogP contribution in [0.3, 0.4) is 0 Å². The van der Waals surface area contributed by atoms with Gasteiger partial charge in [0.1, 0.15) is 0 Å². The fourth-order valence-corrected chi connectivity index (χ4v) is 2.96. The summed E-state index contributed by atoms with van der Waals surface area (Å²) in [6.07, 6.45) is 5.29. The minimum absolute atomic E-state index is 0.0210. The van der Waals surface area contributed by atoms with E-state index >= 15 is 0 Å². The summed E-state index contributed by atoms with van der Waals surface area (Å²) < 4.78 is 0. The molecule has 0 saturated carbocycles. The Hall–Kier alpha value is -2.30. The Bertz CT molecular complexity index is 647. The van der Waals surface area contributed by atoms with Crippen molar-refractivity contribution in [2.75, 3.05) is 18.0 Å². The van der Waals surface area contributed by atoms with Crippen LogP contribution in [0, 0.1) is 11.3 Å². The molecule has 136 valence electrons. The smallest absolute Gasteiger partial charge is 0.243 e. The van der Waals surface area contributed by atoms with Crippen molar-refractivity contribution >= 4 is 17.5 Å². The molecule has 2 rings (SSSR count). The van der Waals surface area contributed by atoms with Crippen LogP contribution in [-0.4, -0.2) is 24.9 Å². The standard InChI is InChI=1S/C20H29N3O2/c1-20(2,3)11-10-18(24)22-13-15-7-4-5-9-17(15)23-12-6-8-16(14-23)19(21)25/h4-5,7,9-11,16H,6,8,12-14H2,1-3H3,(H2,21,25)(H,22,24). The van der Waals surface area contributed by atoms with Crippen molar-refractivity contribution in [2.24, 2.45) is 17.1 Å². The Morgan fingerprint density at radius 2 is 2.04 bits per heavy atom. The highest BCUT2D eigenvalue weighted by atomic mass is 16.1. The van der Waals surface area contributed by atoms with Gasteiger partial charge in [-0.3, -0.25) is 9.59 Å². The van der Waals surface area contributed by atoms with E-state index in [0.717, 1.165) is 30.6 Å². The van der Waals surface area contributed by atoms with Crippen LogP contribution < -0.4 is 16.0 Å². The van der Waals surface area contributed by atoms with Gasteiger partial charge in [0, 0.05) is 25.3 Å². The zero-order valence-electron chi connectivity index (χ0n) is 15.4. The first-order valence-electron chi connectivity index (χ1n) is 8.85. The highest BCUT2D eigenvalue weighted by molar-refractivity contribution is 5.87. The van der Waals surface area contributed by atoms with Crippen LogP contribution in [0.25, 0.3) is 0 Å². The molecule has 1 aromatic carbocycles. The fraction of sp³-hybridized carbons (Fsp3) is 0.500. The molecular weight excluding hydrogens is 314 g/mol. The van der Waals surface area contributed by atoms with Crippen LogP contribution in [0.2, 0.25) is 0 Å². The number of primary amides is 1. The van der Waals surface area contributed by atoms with E-state index in [-0.39, 0.29) is 23.1 Å². The number of nitrogens with one attached hydrogen (secondary N) is 1. The molecule has 0 aliphatic carbocycles. The molecule has 1 fully saturated rings. The molecule has 0 aromatic heterocycles. The lowest BCUT2D eigenvalue weighted by atomic mass is 9.96. The Balaban J connectivity index is 2.04. The van der Waals surface area contributed by atoms with Crippen LogP contribution >= 0.6 is 0 Å². The molecule has 0 spiro atoms. The molecule has 1 aliphatic rings. The van der Waals surface area contributed by atoms with Gasteiger partial charge in [0.15, 0.2) is 0 Å². The van der Waals surface area contributed by atoms with Crippen LogP contribution in [-0.2, 0) is 16.1 Å². The number of allylic oxidation sites excluding steroid dienone is 1. The van der Waals surface area contributed by atoms with Gasteiger partial charge in [0.2, 0.25) is 11.8 Å². The SMILES string of the molecule is CC(C)(C)C=CC(=O)NCc1ccccc1N1CCCC(C(N)=O)C1. The molecule has 5 heteroatoms. The molecule has 5 nitrogen and oxygen atoms in total. The van der Waals surface area contributed by atoms with Gasteiger partial charge in [0.25, 0.3) is 0 Å². The molecule has 1 atom stereocenters. The van der Waals surface area contributed by atoms with E-state index in [1.165, 1.54) is 0 Å². The highest BCUT2D eigenvalue weighted by Crippen LogP contribution is 2.26. The number of anilines is 1. The minimum Gasteiger partial charge on any atom is -0.370 e. The first-order valence-corrected chi connectivity index (χ1v) is 8.85. The van der Waals surface area contributed by atoms with E-state index in [1.807, 2.05) is 30.3 Å². The molecule has 1 saturated heterocycles. The van der Waals surface area contributed by atoms with Gasteiger partial charge in [-0.25, -0.2) is 0 Å². The Morgan fingerprint density at radius 3 is 2.72 bits per heavy atom. The zero-order chi connectivity index (χ0) is 18.4. The Morgan fingerprint density at radius 1 is 1.32 bits per heavy atom. The van der Waals surface area contributed by atoms with Gasteiger partial charge in [-0.1, -0.05) is 45.0 Å². The van der Waals surface area contributed by atoms with Crippen molar-refractivity contribution < 1.29 is 9.59 Å². The first kappa shape index (κ1) is 19.0. The number of nitrogens with zero attached hydrogens (tertiary/aromatic N) is 1. The number of carbonyl (C=O) groups excluding carboxylic acids is 2. The molecular formula is C20H29N3O2. The summed E-state index contributed by atoms with van der Waals surface area (Å²) in [6, 6.07) is 7.99. The normalized spacial score (nSPS) is 18.4. The molecule has 0 bridgehead atoms. The van der Waals surface area contributed by atoms with Crippen LogP contribution in [0.1, 0.15) is 39.2 Å². The third-order valence-corrected chi connectivity index (χ3v) is 4.34. The summed E-state index contributed by atoms with van der Waals surface area (Å²) in [7, 11) is 0. The minimum atomic E-state index is -0.234. The van der Waals surface area contributed by atoms with Crippen LogP contribution in [0.15, 0.2) is 36.4 Å². The summed E-state index contributed by atoms with van der Waals surface area (Å²) in [6.45, 7) is 8.16. The maximum Gasteiger partial charge on any atom is 0.243 e. The summed E-state index contributed by atoms with van der Waals surface area (Å²) in [4.78, 5) is 25.7. The van der Waals surface area contributed by atoms with Gasteiger partial charge in [-0.15, -0.1) is 0 Å². The lowest BCUT2D eigenvalue weighted by Crippen LogP contribution is -2.41.